The van der Waals surface area contributed by atoms with E-state index in [9.17, 15) is 36.7 Å². The topological polar surface area (TPSA) is 146 Å². The highest BCUT2D eigenvalue weighted by Crippen LogP contribution is 2.40. The molecule has 47 heavy (non-hydrogen) atoms. The molecule has 254 valence electrons. The summed E-state index contributed by atoms with van der Waals surface area (Å²) in [6.45, 7) is 7.12. The number of carbonyl (C=O) groups excluding carboxylic acids is 4. The van der Waals surface area contributed by atoms with Crippen LogP contribution in [0.3, 0.4) is 0 Å². The lowest BCUT2D eigenvalue weighted by atomic mass is 9.78. The number of H-pyrrole nitrogens is 1. The zero-order valence-corrected chi connectivity index (χ0v) is 26.8. The van der Waals surface area contributed by atoms with E-state index in [1.54, 1.807) is 19.9 Å². The van der Waals surface area contributed by atoms with Crippen molar-refractivity contribution in [3.8, 4) is 0 Å². The summed E-state index contributed by atoms with van der Waals surface area (Å²) in [5.74, 6) is -4.14. The summed E-state index contributed by atoms with van der Waals surface area (Å²) in [5.41, 5.74) is 4.01. The number of amides is 4. The number of nitrogens with one attached hydrogen (secondary N) is 4. The summed E-state index contributed by atoms with van der Waals surface area (Å²) in [4.78, 5) is 56.5. The van der Waals surface area contributed by atoms with Crippen molar-refractivity contribution in [3.05, 3.63) is 70.7 Å². The molecule has 6 N–H and O–H groups in total. The molecule has 2 aromatic carbocycles. The quantitative estimate of drug-likeness (QED) is 0.183. The minimum absolute atomic E-state index is 0.0197. The largest absolute Gasteiger partial charge is 0.418 e. The highest BCUT2D eigenvalue weighted by atomic mass is 19.4. The number of halogens is 4. The molecule has 2 unspecified atom stereocenters. The molecule has 0 saturated carbocycles. The van der Waals surface area contributed by atoms with Crippen LogP contribution in [0.5, 0.6) is 0 Å². The van der Waals surface area contributed by atoms with Gasteiger partial charge in [0.25, 0.3) is 0 Å². The highest BCUT2D eigenvalue weighted by Gasteiger charge is 2.47. The van der Waals surface area contributed by atoms with E-state index in [-0.39, 0.29) is 48.1 Å². The second-order valence-electron chi connectivity index (χ2n) is 12.5. The molecule has 0 bridgehead atoms. The predicted octanol–water partition coefficient (Wildman–Crippen LogP) is 4.46. The van der Waals surface area contributed by atoms with Crippen LogP contribution in [-0.2, 0) is 44.6 Å². The van der Waals surface area contributed by atoms with E-state index in [1.807, 2.05) is 13.8 Å². The molecule has 0 saturated heterocycles. The van der Waals surface area contributed by atoms with Gasteiger partial charge in [0.2, 0.25) is 23.6 Å². The highest BCUT2D eigenvalue weighted by molar-refractivity contribution is 5.98. The fraction of sp³-hybridized carbons (Fsp3) is 0.471. The maximum absolute atomic E-state index is 14.3. The molecule has 0 spiro atoms. The number of alkyl halides is 3. The molecule has 1 aliphatic carbocycles. The summed E-state index contributed by atoms with van der Waals surface area (Å²) >= 11 is 0. The van der Waals surface area contributed by atoms with Crippen LogP contribution in [0.2, 0.25) is 0 Å². The number of benzene rings is 2. The van der Waals surface area contributed by atoms with Gasteiger partial charge in [0.15, 0.2) is 0 Å². The Morgan fingerprint density at radius 3 is 2.23 bits per heavy atom. The van der Waals surface area contributed by atoms with Gasteiger partial charge in [-0.15, -0.1) is 0 Å². The Hall–Kier alpha value is -4.42. The monoisotopic (exact) mass is 659 g/mol. The zero-order valence-electron chi connectivity index (χ0n) is 26.8. The van der Waals surface area contributed by atoms with Gasteiger partial charge in [-0.05, 0) is 47.9 Å². The molecule has 4 amide bonds. The van der Waals surface area contributed by atoms with E-state index in [4.69, 9.17) is 5.73 Å². The van der Waals surface area contributed by atoms with E-state index in [2.05, 4.69) is 20.9 Å². The summed E-state index contributed by atoms with van der Waals surface area (Å²) in [5, 5.41) is 8.49. The number of aryl methyl sites for hydroxylation is 1. The van der Waals surface area contributed by atoms with Gasteiger partial charge in [-0.3, -0.25) is 19.2 Å². The van der Waals surface area contributed by atoms with Crippen molar-refractivity contribution < 1.29 is 36.7 Å². The molecular formula is C34H41F4N5O4. The Bertz CT molecular complexity index is 1650. The lowest BCUT2D eigenvalue weighted by Crippen LogP contribution is -2.67. The third kappa shape index (κ3) is 7.60. The molecule has 4 rings (SSSR count). The summed E-state index contributed by atoms with van der Waals surface area (Å²) in [7, 11) is 0. The van der Waals surface area contributed by atoms with E-state index in [1.165, 1.54) is 30.3 Å². The van der Waals surface area contributed by atoms with Crippen molar-refractivity contribution in [2.45, 2.75) is 90.0 Å². The second kappa shape index (κ2) is 14.1. The van der Waals surface area contributed by atoms with Gasteiger partial charge in [0, 0.05) is 17.5 Å². The lowest BCUT2D eigenvalue weighted by molar-refractivity contribution is -0.138. The molecule has 0 radical (unpaired) electrons. The van der Waals surface area contributed by atoms with Gasteiger partial charge in [0.1, 0.15) is 23.4 Å². The number of aromatic nitrogens is 1. The number of hydrogen-bond donors (Lipinski definition) is 5. The second-order valence-corrected chi connectivity index (χ2v) is 12.5. The molecule has 3 aromatic rings. The Balaban J connectivity index is 1.72. The predicted molar refractivity (Wildman–Crippen MR) is 168 cm³/mol. The van der Waals surface area contributed by atoms with Crippen molar-refractivity contribution in [1.82, 2.24) is 20.9 Å². The molecule has 0 fully saturated rings. The number of nitrogens with two attached hydrogens (primary N) is 1. The third-order valence-electron chi connectivity index (χ3n) is 9.34. The van der Waals surface area contributed by atoms with Crippen LogP contribution in [-0.4, -0.2) is 46.2 Å². The maximum atomic E-state index is 14.3. The van der Waals surface area contributed by atoms with Crippen LogP contribution in [0.25, 0.3) is 10.9 Å². The van der Waals surface area contributed by atoms with Gasteiger partial charge < -0.3 is 26.7 Å². The van der Waals surface area contributed by atoms with Gasteiger partial charge in [0.05, 0.1) is 17.5 Å². The van der Waals surface area contributed by atoms with Gasteiger partial charge in [-0.2, -0.15) is 13.2 Å². The zero-order chi connectivity index (χ0) is 34.7. The number of rotatable bonds is 12. The van der Waals surface area contributed by atoms with Crippen molar-refractivity contribution in [2.24, 2.45) is 17.6 Å². The first-order valence-electron chi connectivity index (χ1n) is 15.8. The standard InChI is InChI=1S/C34H41F4N5O4/c1-5-18(3)27(30(39)45)42-32(47)33(15-14-25-22(17-33)21-11-9-12-23(29(21)40-25)34(36,37)38)43-31(46)28(19(4)6-2)41-26(44)16-20-10-7-8-13-24(20)35/h7-13,18-19,27-28,40H,5-6,14-17H2,1-4H3,(H2,39,45)(H,41,44)(H,42,47)(H,43,46)/t18?,19?,27-,28-,33+/m0/s1. The first-order valence-corrected chi connectivity index (χ1v) is 15.8. The number of para-hydroxylation sites is 1. The lowest BCUT2D eigenvalue weighted by Gasteiger charge is -2.39. The van der Waals surface area contributed by atoms with Crippen LogP contribution in [0, 0.1) is 17.7 Å². The minimum atomic E-state index is -4.63. The number of carbonyl (C=O) groups is 4. The number of primary amides is 1. The normalized spacial score (nSPS) is 18.8. The average molecular weight is 660 g/mol. The smallest absolute Gasteiger partial charge is 0.368 e. The maximum Gasteiger partial charge on any atom is 0.418 e. The molecule has 1 heterocycles. The first-order chi connectivity index (χ1) is 22.1. The van der Waals surface area contributed by atoms with Crippen LogP contribution in [0.15, 0.2) is 42.5 Å². The fourth-order valence-electron chi connectivity index (χ4n) is 6.13. The summed E-state index contributed by atoms with van der Waals surface area (Å²) in [6.07, 6.45) is -4.10. The minimum Gasteiger partial charge on any atom is -0.368 e. The third-order valence-corrected chi connectivity index (χ3v) is 9.34. The number of fused-ring (bicyclic) bond motifs is 3. The van der Waals surface area contributed by atoms with Crippen LogP contribution >= 0.6 is 0 Å². The molecule has 1 aliphatic rings. The van der Waals surface area contributed by atoms with Gasteiger partial charge in [-0.1, -0.05) is 70.9 Å². The average Bonchev–Trinajstić information content (AvgIpc) is 3.39. The molecule has 9 nitrogen and oxygen atoms in total. The van der Waals surface area contributed by atoms with E-state index in [0.717, 1.165) is 6.07 Å². The summed E-state index contributed by atoms with van der Waals surface area (Å²) < 4.78 is 55.9. The first kappa shape index (κ1) is 35.4. The van der Waals surface area contributed by atoms with Crippen molar-refractivity contribution in [2.75, 3.05) is 0 Å². The van der Waals surface area contributed by atoms with Crippen LogP contribution in [0.4, 0.5) is 17.6 Å². The molecular weight excluding hydrogens is 618 g/mol. The number of aromatic amines is 1. The Morgan fingerprint density at radius 2 is 1.62 bits per heavy atom. The van der Waals surface area contributed by atoms with E-state index < -0.39 is 64.7 Å². The molecule has 0 aliphatic heterocycles. The Labute approximate surface area is 270 Å². The van der Waals surface area contributed by atoms with E-state index >= 15 is 0 Å². The van der Waals surface area contributed by atoms with Gasteiger partial charge in [-0.25, -0.2) is 4.39 Å². The molecule has 5 atom stereocenters. The number of hydrogen-bond acceptors (Lipinski definition) is 4. The Kier molecular flexibility index (Phi) is 10.7. The SMILES string of the molecule is CCC(C)[C@H](NC(=O)[C@@]1(NC(=O)[C@@H](NC(=O)Cc2ccccc2F)C(C)CC)CCc2[nH]c3c(C(F)(F)F)cccc3c2C1)C(N)=O. The van der Waals surface area contributed by atoms with E-state index in [0.29, 0.717) is 24.1 Å². The Morgan fingerprint density at radius 1 is 0.957 bits per heavy atom. The molecule has 13 heteroatoms. The van der Waals surface area contributed by atoms with Crippen molar-refractivity contribution in [1.29, 1.82) is 0 Å². The fourth-order valence-corrected chi connectivity index (χ4v) is 6.13. The van der Waals surface area contributed by atoms with Crippen LogP contribution < -0.4 is 21.7 Å². The van der Waals surface area contributed by atoms with Gasteiger partial charge >= 0.3 is 6.18 Å². The molecule has 1 aromatic heterocycles. The van der Waals surface area contributed by atoms with Crippen LogP contribution in [0.1, 0.15) is 69.3 Å². The van der Waals surface area contributed by atoms with Crippen molar-refractivity contribution in [3.63, 3.8) is 0 Å². The summed E-state index contributed by atoms with van der Waals surface area (Å²) in [6, 6.07) is 7.33. The van der Waals surface area contributed by atoms with Crippen molar-refractivity contribution >= 4 is 34.5 Å².